The van der Waals surface area contributed by atoms with Crippen molar-refractivity contribution in [2.24, 2.45) is 0 Å². The molecule has 0 saturated carbocycles. The van der Waals surface area contributed by atoms with Gasteiger partial charge >= 0.3 is 0 Å². The van der Waals surface area contributed by atoms with Crippen LogP contribution in [0.5, 0.6) is 0 Å². The summed E-state index contributed by atoms with van der Waals surface area (Å²) in [6, 6.07) is 4.59. The summed E-state index contributed by atoms with van der Waals surface area (Å²) in [5, 5.41) is 3.96. The topological polar surface area (TPSA) is 43.8 Å². The Morgan fingerprint density at radius 1 is 1.25 bits per heavy atom. The number of nitrogens with zero attached hydrogens (tertiary/aromatic N) is 2. The third-order valence-corrected chi connectivity index (χ3v) is 2.67. The maximum Gasteiger partial charge on any atom is 0.160 e. The van der Waals surface area contributed by atoms with Gasteiger partial charge in [-0.25, -0.2) is 9.07 Å². The molecule has 3 nitrogen and oxygen atoms in total. The molecule has 0 fully saturated rings. The summed E-state index contributed by atoms with van der Waals surface area (Å²) in [6.07, 6.45) is 0. The summed E-state index contributed by atoms with van der Waals surface area (Å²) in [7, 11) is 0. The van der Waals surface area contributed by atoms with Gasteiger partial charge in [-0.3, -0.25) is 0 Å². The van der Waals surface area contributed by atoms with E-state index in [0.717, 1.165) is 5.69 Å². The first kappa shape index (κ1) is 11.2. The van der Waals surface area contributed by atoms with E-state index in [1.165, 1.54) is 12.1 Å². The fraction of sp³-hybridized carbons (Fsp3) is 0.100. The molecule has 0 spiro atoms. The zero-order valence-corrected chi connectivity index (χ0v) is 9.85. The summed E-state index contributed by atoms with van der Waals surface area (Å²) in [6.45, 7) is 1.83. The second-order valence-corrected chi connectivity index (χ2v) is 4.16. The Bertz CT molecular complexity index is 528. The van der Waals surface area contributed by atoms with Crippen molar-refractivity contribution in [3.8, 4) is 5.69 Å². The fourth-order valence-corrected chi connectivity index (χ4v) is 1.90. The molecule has 0 amide bonds. The fourth-order valence-electron chi connectivity index (χ4n) is 1.42. The highest BCUT2D eigenvalue weighted by Crippen LogP contribution is 2.27. The quantitative estimate of drug-likeness (QED) is 0.800. The van der Waals surface area contributed by atoms with E-state index >= 15 is 0 Å². The summed E-state index contributed by atoms with van der Waals surface area (Å²) in [5.41, 5.74) is 6.94. The highest BCUT2D eigenvalue weighted by atomic mass is 35.5. The molecule has 16 heavy (non-hydrogen) atoms. The molecule has 1 aromatic heterocycles. The van der Waals surface area contributed by atoms with Crippen LogP contribution in [0, 0.1) is 12.7 Å². The van der Waals surface area contributed by atoms with E-state index < -0.39 is 5.82 Å². The number of rotatable bonds is 1. The molecule has 0 atom stereocenters. The number of halogens is 3. The van der Waals surface area contributed by atoms with Crippen molar-refractivity contribution in [1.29, 1.82) is 0 Å². The molecule has 6 heteroatoms. The zero-order valence-electron chi connectivity index (χ0n) is 8.34. The van der Waals surface area contributed by atoms with E-state index in [0.29, 0.717) is 11.5 Å². The van der Waals surface area contributed by atoms with Crippen LogP contribution >= 0.6 is 23.2 Å². The Morgan fingerprint density at radius 2 is 1.81 bits per heavy atom. The molecular weight excluding hydrogens is 252 g/mol. The second-order valence-electron chi connectivity index (χ2n) is 3.35. The molecule has 0 saturated heterocycles. The first-order chi connectivity index (χ1) is 7.49. The van der Waals surface area contributed by atoms with Gasteiger partial charge in [-0.05, 0) is 19.1 Å². The summed E-state index contributed by atoms with van der Waals surface area (Å²) < 4.78 is 14.8. The molecular formula is C10H8Cl2FN3. The van der Waals surface area contributed by atoms with Crippen LogP contribution in [0.4, 0.5) is 10.2 Å². The Hall–Kier alpha value is -1.26. The third-order valence-electron chi connectivity index (χ3n) is 2.12. The van der Waals surface area contributed by atoms with Crippen LogP contribution in [-0.4, -0.2) is 9.78 Å². The van der Waals surface area contributed by atoms with Gasteiger partial charge in [-0.2, -0.15) is 5.10 Å². The van der Waals surface area contributed by atoms with E-state index in [2.05, 4.69) is 5.10 Å². The largest absolute Gasteiger partial charge is 0.382 e. The van der Waals surface area contributed by atoms with Gasteiger partial charge in [0.05, 0.1) is 15.7 Å². The number of anilines is 1. The Kier molecular flexibility index (Phi) is 2.78. The maximum atomic E-state index is 13.2. The van der Waals surface area contributed by atoms with E-state index in [1.807, 2.05) is 6.92 Å². The lowest BCUT2D eigenvalue weighted by atomic mass is 10.3. The lowest BCUT2D eigenvalue weighted by molar-refractivity contribution is 0.627. The van der Waals surface area contributed by atoms with Gasteiger partial charge in [0.25, 0.3) is 0 Å². The minimum atomic E-state index is -0.634. The van der Waals surface area contributed by atoms with E-state index in [4.69, 9.17) is 28.9 Å². The van der Waals surface area contributed by atoms with Crippen molar-refractivity contribution in [3.05, 3.63) is 39.8 Å². The second kappa shape index (κ2) is 3.96. The molecule has 2 N–H and O–H groups in total. The summed E-state index contributed by atoms with van der Waals surface area (Å²) in [5.74, 6) is -0.251. The summed E-state index contributed by atoms with van der Waals surface area (Å²) >= 11 is 11.4. The number of aryl methyl sites for hydroxylation is 1. The van der Waals surface area contributed by atoms with Crippen LogP contribution in [0.1, 0.15) is 5.69 Å². The standard InChI is InChI=1S/C10H8Cl2FN3/c1-5-2-9(14)15-16(5)6-3-7(11)10(13)8(12)4-6/h2-4H,1H3,(H2,14,15). The third kappa shape index (κ3) is 1.86. The molecule has 2 rings (SSSR count). The molecule has 1 heterocycles. The molecule has 84 valence electrons. The molecule has 0 aliphatic carbocycles. The van der Waals surface area contributed by atoms with Crippen molar-refractivity contribution in [2.75, 3.05) is 5.73 Å². The molecule has 0 unspecified atom stereocenters. The Morgan fingerprint density at radius 3 is 2.25 bits per heavy atom. The number of nitrogens with two attached hydrogens (primary N) is 1. The van der Waals surface area contributed by atoms with Crippen LogP contribution in [0.15, 0.2) is 18.2 Å². The number of benzene rings is 1. The predicted molar refractivity (Wildman–Crippen MR) is 62.7 cm³/mol. The maximum absolute atomic E-state index is 13.2. The minimum Gasteiger partial charge on any atom is -0.382 e. The average Bonchev–Trinajstić information content (AvgIpc) is 2.53. The highest BCUT2D eigenvalue weighted by molar-refractivity contribution is 6.35. The first-order valence-corrected chi connectivity index (χ1v) is 5.21. The molecule has 0 bridgehead atoms. The van der Waals surface area contributed by atoms with Gasteiger partial charge in [0.15, 0.2) is 5.82 Å². The molecule has 2 aromatic rings. The van der Waals surface area contributed by atoms with Crippen LogP contribution < -0.4 is 5.73 Å². The number of aromatic nitrogens is 2. The van der Waals surface area contributed by atoms with Crippen molar-refractivity contribution in [2.45, 2.75) is 6.92 Å². The number of hydrogen-bond acceptors (Lipinski definition) is 2. The zero-order chi connectivity index (χ0) is 11.9. The predicted octanol–water partition coefficient (Wildman–Crippen LogP) is 3.21. The van der Waals surface area contributed by atoms with Gasteiger partial charge < -0.3 is 5.73 Å². The van der Waals surface area contributed by atoms with Crippen LogP contribution in [-0.2, 0) is 0 Å². The van der Waals surface area contributed by atoms with Gasteiger partial charge in [0, 0.05) is 11.8 Å². The van der Waals surface area contributed by atoms with Gasteiger partial charge in [0.1, 0.15) is 5.82 Å². The van der Waals surface area contributed by atoms with E-state index in [9.17, 15) is 4.39 Å². The van der Waals surface area contributed by atoms with Gasteiger partial charge in [-0.15, -0.1) is 0 Å². The lowest BCUT2D eigenvalue weighted by Gasteiger charge is -2.06. The number of nitrogen functional groups attached to an aromatic ring is 1. The van der Waals surface area contributed by atoms with Crippen LogP contribution in [0.3, 0.4) is 0 Å². The smallest absolute Gasteiger partial charge is 0.160 e. The minimum absolute atomic E-state index is 0.0454. The van der Waals surface area contributed by atoms with Crippen molar-refractivity contribution in [3.63, 3.8) is 0 Å². The first-order valence-electron chi connectivity index (χ1n) is 4.46. The molecule has 1 aromatic carbocycles. The van der Waals surface area contributed by atoms with E-state index in [1.54, 1.807) is 10.7 Å². The molecule has 0 radical (unpaired) electrons. The SMILES string of the molecule is Cc1cc(N)nn1-c1cc(Cl)c(F)c(Cl)c1. The summed E-state index contributed by atoms with van der Waals surface area (Å²) in [4.78, 5) is 0. The Balaban J connectivity index is 2.61. The molecule has 0 aliphatic heterocycles. The van der Waals surface area contributed by atoms with Crippen LogP contribution in [0.2, 0.25) is 10.0 Å². The van der Waals surface area contributed by atoms with Crippen molar-refractivity contribution in [1.82, 2.24) is 9.78 Å². The van der Waals surface area contributed by atoms with Crippen LogP contribution in [0.25, 0.3) is 5.69 Å². The monoisotopic (exact) mass is 259 g/mol. The average molecular weight is 260 g/mol. The van der Waals surface area contributed by atoms with Crippen molar-refractivity contribution >= 4 is 29.0 Å². The lowest BCUT2D eigenvalue weighted by Crippen LogP contribution is -2.00. The number of hydrogen-bond donors (Lipinski definition) is 1. The Labute approximate surface area is 102 Å². The molecule has 0 aliphatic rings. The van der Waals surface area contributed by atoms with Gasteiger partial charge in [-0.1, -0.05) is 23.2 Å². The van der Waals surface area contributed by atoms with E-state index in [-0.39, 0.29) is 10.0 Å². The van der Waals surface area contributed by atoms with Gasteiger partial charge in [0.2, 0.25) is 0 Å². The normalized spacial score (nSPS) is 10.8. The van der Waals surface area contributed by atoms with Crippen molar-refractivity contribution < 1.29 is 4.39 Å². The highest BCUT2D eigenvalue weighted by Gasteiger charge is 2.11.